The lowest BCUT2D eigenvalue weighted by Gasteiger charge is -2.21. The second-order valence-corrected chi connectivity index (χ2v) is 6.23. The van der Waals surface area contributed by atoms with Gasteiger partial charge >= 0.3 is 0 Å². The van der Waals surface area contributed by atoms with Gasteiger partial charge in [0, 0.05) is 28.1 Å². The van der Waals surface area contributed by atoms with E-state index in [4.69, 9.17) is 5.73 Å². The molecule has 1 aromatic carbocycles. The number of carbonyl (C=O) groups excluding carboxylic acids is 1. The van der Waals surface area contributed by atoms with Gasteiger partial charge in [-0.2, -0.15) is 0 Å². The molecule has 0 radical (unpaired) electrons. The number of nitrogens with two attached hydrogens (primary N) is 1. The molecule has 2 N–H and O–H groups in total. The summed E-state index contributed by atoms with van der Waals surface area (Å²) in [4.78, 5) is 15.1. The van der Waals surface area contributed by atoms with E-state index >= 15 is 0 Å². The first-order chi connectivity index (χ1) is 9.08. The Balaban J connectivity index is 2.56. The maximum Gasteiger partial charge on any atom is 0.232 e. The molecule has 0 spiro atoms. The van der Waals surface area contributed by atoms with Gasteiger partial charge in [0.15, 0.2) is 0 Å². The van der Waals surface area contributed by atoms with E-state index in [1.807, 2.05) is 23.1 Å². The fraction of sp³-hybridized carbons (Fsp3) is 0.500. The fourth-order valence-electron chi connectivity index (χ4n) is 1.77. The van der Waals surface area contributed by atoms with Crippen LogP contribution in [0.25, 0.3) is 0 Å². The van der Waals surface area contributed by atoms with E-state index in [9.17, 15) is 4.79 Å². The maximum absolute atomic E-state index is 12.1. The molecule has 3 nitrogen and oxygen atoms in total. The van der Waals surface area contributed by atoms with E-state index < -0.39 is 0 Å². The van der Waals surface area contributed by atoms with Gasteiger partial charge in [0.1, 0.15) is 0 Å². The number of nitrogen functional groups attached to an aromatic ring is 1. The van der Waals surface area contributed by atoms with Crippen molar-refractivity contribution in [3.05, 3.63) is 22.7 Å². The standard InChI is InChI=1S/C14H21BrN2OS/c1-3-7-17(8-4-2)14(18)10-19-13-6-5-11(16)9-12(13)15/h5-6,9H,3-4,7-8,10,16H2,1-2H3. The van der Waals surface area contributed by atoms with Crippen molar-refractivity contribution in [2.75, 3.05) is 24.6 Å². The van der Waals surface area contributed by atoms with E-state index in [-0.39, 0.29) is 5.91 Å². The normalized spacial score (nSPS) is 10.5. The molecule has 0 saturated heterocycles. The minimum atomic E-state index is 0.206. The Labute approximate surface area is 128 Å². The molecule has 0 aliphatic rings. The average molecular weight is 345 g/mol. The average Bonchev–Trinajstić information content (AvgIpc) is 2.37. The van der Waals surface area contributed by atoms with E-state index in [2.05, 4.69) is 29.8 Å². The first-order valence-corrected chi connectivity index (χ1v) is 8.32. The van der Waals surface area contributed by atoms with E-state index in [1.54, 1.807) is 11.8 Å². The van der Waals surface area contributed by atoms with Gasteiger partial charge in [-0.3, -0.25) is 4.79 Å². The van der Waals surface area contributed by atoms with Crippen LogP contribution in [-0.2, 0) is 4.79 Å². The second kappa shape index (κ2) is 8.48. The van der Waals surface area contributed by atoms with Crippen molar-refractivity contribution in [1.82, 2.24) is 4.90 Å². The Hall–Kier alpha value is -0.680. The molecule has 0 aliphatic carbocycles. The Bertz CT molecular complexity index is 420. The van der Waals surface area contributed by atoms with Gasteiger partial charge in [0.2, 0.25) is 5.91 Å². The lowest BCUT2D eigenvalue weighted by Crippen LogP contribution is -2.33. The van der Waals surface area contributed by atoms with Crippen molar-refractivity contribution in [3.63, 3.8) is 0 Å². The minimum absolute atomic E-state index is 0.206. The number of hydrogen-bond acceptors (Lipinski definition) is 3. The van der Waals surface area contributed by atoms with Crippen LogP contribution in [0.3, 0.4) is 0 Å². The zero-order valence-electron chi connectivity index (χ0n) is 11.5. The summed E-state index contributed by atoms with van der Waals surface area (Å²) in [6, 6.07) is 5.66. The quantitative estimate of drug-likeness (QED) is 0.604. The lowest BCUT2D eigenvalue weighted by molar-refractivity contribution is -0.128. The summed E-state index contributed by atoms with van der Waals surface area (Å²) in [6.45, 7) is 5.88. The Morgan fingerprint density at radius 1 is 1.32 bits per heavy atom. The third-order valence-electron chi connectivity index (χ3n) is 2.65. The molecule has 0 aromatic heterocycles. The minimum Gasteiger partial charge on any atom is -0.399 e. The number of amides is 1. The third-order valence-corrected chi connectivity index (χ3v) is 4.62. The molecule has 1 amide bonds. The third kappa shape index (κ3) is 5.45. The van der Waals surface area contributed by atoms with Gasteiger partial charge in [-0.25, -0.2) is 0 Å². The summed E-state index contributed by atoms with van der Waals surface area (Å²) in [6.07, 6.45) is 2.00. The molecule has 0 atom stereocenters. The highest BCUT2D eigenvalue weighted by Crippen LogP contribution is 2.29. The van der Waals surface area contributed by atoms with Crippen LogP contribution in [0.5, 0.6) is 0 Å². The summed E-state index contributed by atoms with van der Waals surface area (Å²) in [5, 5.41) is 0. The number of carbonyl (C=O) groups is 1. The van der Waals surface area contributed by atoms with Crippen LogP contribution in [0.1, 0.15) is 26.7 Å². The smallest absolute Gasteiger partial charge is 0.232 e. The van der Waals surface area contributed by atoms with Crippen LogP contribution in [-0.4, -0.2) is 29.6 Å². The number of thioether (sulfide) groups is 1. The topological polar surface area (TPSA) is 46.3 Å². The summed E-state index contributed by atoms with van der Waals surface area (Å²) >= 11 is 5.02. The van der Waals surface area contributed by atoms with E-state index in [0.29, 0.717) is 5.75 Å². The number of nitrogens with zero attached hydrogens (tertiary/aromatic N) is 1. The van der Waals surface area contributed by atoms with Crippen LogP contribution >= 0.6 is 27.7 Å². The molecular weight excluding hydrogens is 324 g/mol. The zero-order chi connectivity index (χ0) is 14.3. The van der Waals surface area contributed by atoms with Crippen molar-refractivity contribution in [3.8, 4) is 0 Å². The first kappa shape index (κ1) is 16.4. The highest BCUT2D eigenvalue weighted by Gasteiger charge is 2.12. The lowest BCUT2D eigenvalue weighted by atomic mass is 10.3. The summed E-state index contributed by atoms with van der Waals surface area (Å²) < 4.78 is 0.947. The Morgan fingerprint density at radius 3 is 2.47 bits per heavy atom. The first-order valence-electron chi connectivity index (χ1n) is 6.54. The Kier molecular flexibility index (Phi) is 7.31. The number of halogens is 1. The molecule has 0 bridgehead atoms. The monoisotopic (exact) mass is 344 g/mol. The Morgan fingerprint density at radius 2 is 1.95 bits per heavy atom. The highest BCUT2D eigenvalue weighted by atomic mass is 79.9. The van der Waals surface area contributed by atoms with Gasteiger partial charge in [0.25, 0.3) is 0 Å². The molecule has 0 fully saturated rings. The molecule has 0 heterocycles. The van der Waals surface area contributed by atoms with Gasteiger partial charge in [-0.05, 0) is 47.0 Å². The molecular formula is C14H21BrN2OS. The molecule has 1 rings (SSSR count). The summed E-state index contributed by atoms with van der Waals surface area (Å²) in [5.74, 6) is 0.681. The van der Waals surface area contributed by atoms with E-state index in [0.717, 1.165) is 41.0 Å². The van der Waals surface area contributed by atoms with Gasteiger partial charge in [0.05, 0.1) is 5.75 Å². The molecule has 1 aromatic rings. The molecule has 0 aliphatic heterocycles. The van der Waals surface area contributed by atoms with Crippen molar-refractivity contribution < 1.29 is 4.79 Å². The van der Waals surface area contributed by atoms with Crippen LogP contribution in [0, 0.1) is 0 Å². The van der Waals surface area contributed by atoms with Crippen molar-refractivity contribution in [2.45, 2.75) is 31.6 Å². The van der Waals surface area contributed by atoms with Crippen molar-refractivity contribution >= 4 is 39.3 Å². The molecule has 0 saturated carbocycles. The number of hydrogen-bond donors (Lipinski definition) is 1. The second-order valence-electron chi connectivity index (χ2n) is 4.36. The van der Waals surface area contributed by atoms with E-state index in [1.165, 1.54) is 0 Å². The zero-order valence-corrected chi connectivity index (χ0v) is 13.9. The SMILES string of the molecule is CCCN(CCC)C(=O)CSc1ccc(N)cc1Br. The number of rotatable bonds is 7. The van der Waals surface area contributed by atoms with Gasteiger partial charge in [-0.15, -0.1) is 11.8 Å². The number of anilines is 1. The van der Waals surface area contributed by atoms with Crippen LogP contribution in [0.4, 0.5) is 5.69 Å². The number of benzene rings is 1. The van der Waals surface area contributed by atoms with Crippen LogP contribution in [0.2, 0.25) is 0 Å². The maximum atomic E-state index is 12.1. The van der Waals surface area contributed by atoms with Crippen molar-refractivity contribution in [2.24, 2.45) is 0 Å². The largest absolute Gasteiger partial charge is 0.399 e. The molecule has 0 unspecified atom stereocenters. The summed E-state index contributed by atoms with van der Waals surface area (Å²) in [7, 11) is 0. The highest BCUT2D eigenvalue weighted by molar-refractivity contribution is 9.10. The molecule has 19 heavy (non-hydrogen) atoms. The predicted molar refractivity (Wildman–Crippen MR) is 86.4 cm³/mol. The molecule has 5 heteroatoms. The van der Waals surface area contributed by atoms with Gasteiger partial charge < -0.3 is 10.6 Å². The predicted octanol–water partition coefficient (Wildman–Crippen LogP) is 3.77. The van der Waals surface area contributed by atoms with Crippen molar-refractivity contribution in [1.29, 1.82) is 0 Å². The summed E-state index contributed by atoms with van der Waals surface area (Å²) in [5.41, 5.74) is 6.42. The van der Waals surface area contributed by atoms with Gasteiger partial charge in [-0.1, -0.05) is 13.8 Å². The fourth-order valence-corrected chi connectivity index (χ4v) is 3.33. The van der Waals surface area contributed by atoms with Crippen LogP contribution < -0.4 is 5.73 Å². The van der Waals surface area contributed by atoms with Crippen LogP contribution in [0.15, 0.2) is 27.6 Å². The molecule has 106 valence electrons.